The highest BCUT2D eigenvalue weighted by molar-refractivity contribution is 7.86. The summed E-state index contributed by atoms with van der Waals surface area (Å²) in [5, 5.41) is 11.2. The first kappa shape index (κ1) is 23.7. The first-order valence-electron chi connectivity index (χ1n) is 10.5. The predicted octanol–water partition coefficient (Wildman–Crippen LogP) is 6.24. The van der Waals surface area contributed by atoms with Crippen molar-refractivity contribution in [2.24, 2.45) is 0 Å². The minimum atomic E-state index is -4.10. The first-order valence-corrected chi connectivity index (χ1v) is 11.9. The smallest absolute Gasteiger partial charge is 0.297 e. The molecular weight excluding hydrogens is 420 g/mol. The molecule has 0 aliphatic carbocycles. The van der Waals surface area contributed by atoms with Crippen LogP contribution in [0.15, 0.2) is 89.8 Å². The summed E-state index contributed by atoms with van der Waals surface area (Å²) in [5.74, 6) is 0. The highest BCUT2D eigenvalue weighted by Gasteiger charge is 2.30. The molecule has 5 heteroatoms. The number of benzene rings is 3. The fraction of sp³-hybridized carbons (Fsp3) is 0.185. The molecule has 0 saturated carbocycles. The average molecular weight is 449 g/mol. The number of aliphatic hydroxyl groups excluding tert-OH is 1. The third-order valence-corrected chi connectivity index (χ3v) is 6.40. The van der Waals surface area contributed by atoms with E-state index < -0.39 is 22.3 Å². The van der Waals surface area contributed by atoms with Crippen LogP contribution in [-0.4, -0.2) is 13.5 Å². The second-order valence-corrected chi connectivity index (χ2v) is 9.13. The zero-order valence-electron chi connectivity index (χ0n) is 18.5. The summed E-state index contributed by atoms with van der Waals surface area (Å²) in [5.41, 5.74) is 4.05. The van der Waals surface area contributed by atoms with Crippen molar-refractivity contribution >= 4 is 22.3 Å². The van der Waals surface area contributed by atoms with E-state index in [1.165, 1.54) is 12.1 Å². The van der Waals surface area contributed by atoms with Crippen molar-refractivity contribution in [1.29, 1.82) is 0 Å². The van der Waals surface area contributed by atoms with Gasteiger partial charge in [-0.1, -0.05) is 90.5 Å². The predicted molar refractivity (Wildman–Crippen MR) is 129 cm³/mol. The highest BCUT2D eigenvalue weighted by atomic mass is 32.2. The number of aryl methyl sites for hydroxylation is 1. The summed E-state index contributed by atoms with van der Waals surface area (Å²) < 4.78 is 31.7. The van der Waals surface area contributed by atoms with E-state index in [1.54, 1.807) is 36.4 Å². The van der Waals surface area contributed by atoms with Gasteiger partial charge < -0.3 is 5.11 Å². The van der Waals surface area contributed by atoms with Crippen LogP contribution in [0.5, 0.6) is 0 Å². The maximum absolute atomic E-state index is 13.0. The fourth-order valence-corrected chi connectivity index (χ4v) is 4.42. The van der Waals surface area contributed by atoms with Gasteiger partial charge in [-0.05, 0) is 55.2 Å². The normalized spacial score (nSPS) is 14.1. The number of allylic oxidation sites excluding steroid dienone is 2. The van der Waals surface area contributed by atoms with Gasteiger partial charge >= 0.3 is 0 Å². The SMILES string of the molecule is C/C=C/c1ccc(C(O)C(OS(=O)(=O)c2ccc(C)cc2)c2ccc(/C=C/C)cc2)cc1. The van der Waals surface area contributed by atoms with Crippen LogP contribution in [0.2, 0.25) is 0 Å². The van der Waals surface area contributed by atoms with Crippen LogP contribution in [0.1, 0.15) is 53.9 Å². The van der Waals surface area contributed by atoms with Gasteiger partial charge in [-0.2, -0.15) is 8.42 Å². The molecule has 0 amide bonds. The lowest BCUT2D eigenvalue weighted by Crippen LogP contribution is -2.19. The van der Waals surface area contributed by atoms with Crippen molar-refractivity contribution in [2.45, 2.75) is 37.9 Å². The van der Waals surface area contributed by atoms with Gasteiger partial charge in [-0.3, -0.25) is 4.18 Å². The molecule has 0 aliphatic rings. The third-order valence-electron chi connectivity index (χ3n) is 5.09. The van der Waals surface area contributed by atoms with Crippen LogP contribution >= 0.6 is 0 Å². The molecule has 166 valence electrons. The molecule has 0 saturated heterocycles. The summed E-state index contributed by atoms with van der Waals surface area (Å²) >= 11 is 0. The molecule has 0 spiro atoms. The van der Waals surface area contributed by atoms with Gasteiger partial charge in [0.2, 0.25) is 0 Å². The van der Waals surface area contributed by atoms with Crippen LogP contribution in [-0.2, 0) is 14.3 Å². The van der Waals surface area contributed by atoms with Crippen LogP contribution in [0.25, 0.3) is 12.2 Å². The van der Waals surface area contributed by atoms with E-state index in [-0.39, 0.29) is 4.90 Å². The summed E-state index contributed by atoms with van der Waals surface area (Å²) in [6.07, 6.45) is 5.46. The Kier molecular flexibility index (Phi) is 7.80. The van der Waals surface area contributed by atoms with Crippen molar-refractivity contribution in [3.8, 4) is 0 Å². The molecule has 32 heavy (non-hydrogen) atoms. The number of rotatable bonds is 8. The van der Waals surface area contributed by atoms with Crippen molar-refractivity contribution in [2.75, 3.05) is 0 Å². The van der Waals surface area contributed by atoms with Gasteiger partial charge in [0.05, 0.1) is 4.90 Å². The second-order valence-electron chi connectivity index (χ2n) is 7.56. The number of aliphatic hydroxyl groups is 1. The van der Waals surface area contributed by atoms with Crippen molar-refractivity contribution in [1.82, 2.24) is 0 Å². The molecule has 0 aromatic heterocycles. The molecule has 2 unspecified atom stereocenters. The molecule has 0 fully saturated rings. The zero-order chi connectivity index (χ0) is 23.1. The minimum absolute atomic E-state index is 0.0502. The Labute approximate surface area is 190 Å². The third kappa shape index (κ3) is 5.82. The quantitative estimate of drug-likeness (QED) is 0.414. The van der Waals surface area contributed by atoms with Crippen molar-refractivity contribution in [3.63, 3.8) is 0 Å². The molecular formula is C27H28O4S. The lowest BCUT2D eigenvalue weighted by atomic mass is 9.97. The Hall–Kier alpha value is -2.99. The van der Waals surface area contributed by atoms with E-state index in [2.05, 4.69) is 0 Å². The molecule has 1 N–H and O–H groups in total. The van der Waals surface area contributed by atoms with Gasteiger partial charge in [0.15, 0.2) is 0 Å². The van der Waals surface area contributed by atoms with Crippen molar-refractivity contribution < 1.29 is 17.7 Å². The van der Waals surface area contributed by atoms with Gasteiger partial charge in [-0.25, -0.2) is 0 Å². The Morgan fingerprint density at radius 2 is 1.22 bits per heavy atom. The van der Waals surface area contributed by atoms with Gasteiger partial charge in [0.25, 0.3) is 10.1 Å². The monoisotopic (exact) mass is 448 g/mol. The van der Waals surface area contributed by atoms with Crippen LogP contribution < -0.4 is 0 Å². The second kappa shape index (κ2) is 10.6. The standard InChI is InChI=1S/C27H28O4S/c1-4-6-21-10-14-23(15-11-21)26(28)27(24-16-12-22(7-5-2)13-17-24)31-32(29,30)25-18-8-20(3)9-19-25/h4-19,26-28H,1-3H3/b6-4+,7-5+. The molecule has 0 heterocycles. The molecule has 0 radical (unpaired) electrons. The van der Waals surface area contributed by atoms with Crippen LogP contribution in [0, 0.1) is 6.92 Å². The van der Waals surface area contributed by atoms with E-state index >= 15 is 0 Å². The maximum Gasteiger partial charge on any atom is 0.297 e. The Morgan fingerprint density at radius 1 is 0.750 bits per heavy atom. The average Bonchev–Trinajstić information content (AvgIpc) is 2.79. The Morgan fingerprint density at radius 3 is 1.69 bits per heavy atom. The van der Waals surface area contributed by atoms with Crippen LogP contribution in [0.4, 0.5) is 0 Å². The summed E-state index contributed by atoms with van der Waals surface area (Å²) in [7, 11) is -4.10. The van der Waals surface area contributed by atoms with Crippen LogP contribution in [0.3, 0.4) is 0 Å². The minimum Gasteiger partial charge on any atom is -0.385 e. The topological polar surface area (TPSA) is 63.6 Å². The van der Waals surface area contributed by atoms with E-state index in [0.717, 1.165) is 16.7 Å². The highest BCUT2D eigenvalue weighted by Crippen LogP contribution is 2.35. The molecule has 0 aliphatic heterocycles. The molecule has 0 bridgehead atoms. The molecule has 3 rings (SSSR count). The lowest BCUT2D eigenvalue weighted by molar-refractivity contribution is 0.0385. The summed E-state index contributed by atoms with van der Waals surface area (Å²) in [6, 6.07) is 21.1. The fourth-order valence-electron chi connectivity index (χ4n) is 3.35. The molecule has 4 nitrogen and oxygen atoms in total. The Bertz CT molecular complexity index is 1170. The molecule has 3 aromatic rings. The number of hydrogen-bond acceptors (Lipinski definition) is 4. The zero-order valence-corrected chi connectivity index (χ0v) is 19.3. The first-order chi connectivity index (χ1) is 15.3. The number of hydrogen-bond donors (Lipinski definition) is 1. The van der Waals surface area contributed by atoms with E-state index in [1.807, 2.05) is 69.3 Å². The van der Waals surface area contributed by atoms with E-state index in [4.69, 9.17) is 4.18 Å². The van der Waals surface area contributed by atoms with E-state index in [9.17, 15) is 13.5 Å². The summed E-state index contributed by atoms with van der Waals surface area (Å²) in [6.45, 7) is 5.74. The molecule has 2 atom stereocenters. The van der Waals surface area contributed by atoms with Gasteiger partial charge in [-0.15, -0.1) is 0 Å². The van der Waals surface area contributed by atoms with E-state index in [0.29, 0.717) is 11.1 Å². The van der Waals surface area contributed by atoms with Gasteiger partial charge in [0.1, 0.15) is 12.2 Å². The lowest BCUT2D eigenvalue weighted by Gasteiger charge is -2.24. The summed E-state index contributed by atoms with van der Waals surface area (Å²) in [4.78, 5) is 0.0502. The van der Waals surface area contributed by atoms with Gasteiger partial charge in [0, 0.05) is 0 Å². The van der Waals surface area contributed by atoms with Crippen molar-refractivity contribution in [3.05, 3.63) is 113 Å². The Balaban J connectivity index is 1.99. The maximum atomic E-state index is 13.0. The largest absolute Gasteiger partial charge is 0.385 e. The molecule has 3 aromatic carbocycles.